The third kappa shape index (κ3) is 2.16. The van der Waals surface area contributed by atoms with Crippen molar-refractivity contribution in [1.82, 2.24) is 9.78 Å². The lowest BCUT2D eigenvalue weighted by atomic mass is 10.1. The summed E-state index contributed by atoms with van der Waals surface area (Å²) in [7, 11) is 1.34. The minimum Gasteiger partial charge on any atom is -0.465 e. The van der Waals surface area contributed by atoms with Crippen molar-refractivity contribution < 1.29 is 13.9 Å². The van der Waals surface area contributed by atoms with Gasteiger partial charge < -0.3 is 4.74 Å². The molecule has 21 heavy (non-hydrogen) atoms. The van der Waals surface area contributed by atoms with Crippen molar-refractivity contribution in [3.8, 4) is 5.69 Å². The van der Waals surface area contributed by atoms with Crippen molar-refractivity contribution in [2.24, 2.45) is 0 Å². The van der Waals surface area contributed by atoms with Crippen LogP contribution in [-0.2, 0) is 4.74 Å². The predicted molar refractivity (Wildman–Crippen MR) is 77.1 cm³/mol. The average molecular weight is 284 g/mol. The summed E-state index contributed by atoms with van der Waals surface area (Å²) in [5, 5.41) is 5.16. The van der Waals surface area contributed by atoms with Gasteiger partial charge in [-0.15, -0.1) is 0 Å². The fourth-order valence-corrected chi connectivity index (χ4v) is 2.32. The molecule has 106 valence electrons. The molecule has 0 unspecified atom stereocenters. The highest BCUT2D eigenvalue weighted by atomic mass is 19.1. The van der Waals surface area contributed by atoms with Crippen LogP contribution in [0.1, 0.15) is 16.1 Å². The van der Waals surface area contributed by atoms with Crippen molar-refractivity contribution >= 4 is 16.9 Å². The number of esters is 1. The minimum absolute atomic E-state index is 0.348. The van der Waals surface area contributed by atoms with Crippen LogP contribution in [0.25, 0.3) is 16.6 Å². The molecule has 1 heterocycles. The summed E-state index contributed by atoms with van der Waals surface area (Å²) in [6.07, 6.45) is 0. The van der Waals surface area contributed by atoms with Gasteiger partial charge in [-0.25, -0.2) is 13.9 Å². The van der Waals surface area contributed by atoms with Gasteiger partial charge in [-0.1, -0.05) is 12.1 Å². The summed E-state index contributed by atoms with van der Waals surface area (Å²) in [4.78, 5) is 11.6. The third-order valence-electron chi connectivity index (χ3n) is 3.37. The van der Waals surface area contributed by atoms with E-state index in [-0.39, 0.29) is 5.82 Å². The van der Waals surface area contributed by atoms with Crippen LogP contribution in [-0.4, -0.2) is 22.9 Å². The molecular formula is C16H13FN2O2. The van der Waals surface area contributed by atoms with Crippen LogP contribution in [0.15, 0.2) is 42.5 Å². The lowest BCUT2D eigenvalue weighted by molar-refractivity contribution is 0.0601. The molecule has 0 bridgehead atoms. The third-order valence-corrected chi connectivity index (χ3v) is 3.37. The number of aryl methyl sites for hydroxylation is 1. The fourth-order valence-electron chi connectivity index (χ4n) is 2.32. The predicted octanol–water partition coefficient (Wildman–Crippen LogP) is 3.26. The maximum absolute atomic E-state index is 13.9. The van der Waals surface area contributed by atoms with Crippen LogP contribution in [0.2, 0.25) is 0 Å². The Bertz CT molecular complexity index is 839. The number of carbonyl (C=O) groups excluding carboxylic acids is 1. The molecule has 0 atom stereocenters. The van der Waals surface area contributed by atoms with Gasteiger partial charge in [0.15, 0.2) is 0 Å². The van der Waals surface area contributed by atoms with Crippen molar-refractivity contribution in [2.45, 2.75) is 6.92 Å². The number of hydrogen-bond donors (Lipinski definition) is 0. The number of ether oxygens (including phenoxy) is 1. The van der Waals surface area contributed by atoms with E-state index < -0.39 is 5.97 Å². The van der Waals surface area contributed by atoms with Crippen molar-refractivity contribution in [3.63, 3.8) is 0 Å². The molecule has 0 aliphatic carbocycles. The molecule has 5 heteroatoms. The van der Waals surface area contributed by atoms with E-state index in [0.29, 0.717) is 11.3 Å². The molecule has 0 N–H and O–H groups in total. The van der Waals surface area contributed by atoms with Gasteiger partial charge in [0.05, 0.1) is 23.9 Å². The van der Waals surface area contributed by atoms with Crippen LogP contribution < -0.4 is 0 Å². The second-order valence-electron chi connectivity index (χ2n) is 4.67. The SMILES string of the molecule is COC(=O)c1ccc2c(c1)c(C)nn2-c1ccccc1F. The van der Waals surface area contributed by atoms with Crippen molar-refractivity contribution in [2.75, 3.05) is 7.11 Å². The summed E-state index contributed by atoms with van der Waals surface area (Å²) < 4.78 is 20.2. The summed E-state index contributed by atoms with van der Waals surface area (Å²) >= 11 is 0. The van der Waals surface area contributed by atoms with Crippen LogP contribution in [0.5, 0.6) is 0 Å². The highest BCUT2D eigenvalue weighted by molar-refractivity contribution is 5.95. The van der Waals surface area contributed by atoms with Crippen LogP contribution in [0.4, 0.5) is 4.39 Å². The molecule has 0 saturated heterocycles. The normalized spacial score (nSPS) is 10.8. The molecule has 4 nitrogen and oxygen atoms in total. The number of carbonyl (C=O) groups is 1. The number of rotatable bonds is 2. The topological polar surface area (TPSA) is 44.1 Å². The Morgan fingerprint density at radius 2 is 2.00 bits per heavy atom. The van der Waals surface area contributed by atoms with Crippen LogP contribution in [0.3, 0.4) is 0 Å². The number of benzene rings is 2. The second kappa shape index (κ2) is 5.01. The maximum atomic E-state index is 13.9. The smallest absolute Gasteiger partial charge is 0.337 e. The number of methoxy groups -OCH3 is 1. The lowest BCUT2D eigenvalue weighted by Crippen LogP contribution is -2.01. The Morgan fingerprint density at radius 1 is 1.24 bits per heavy atom. The van der Waals surface area contributed by atoms with Crippen molar-refractivity contribution in [1.29, 1.82) is 0 Å². The molecule has 2 aromatic carbocycles. The van der Waals surface area contributed by atoms with Gasteiger partial charge in [0, 0.05) is 5.39 Å². The van der Waals surface area contributed by atoms with E-state index in [1.54, 1.807) is 41.1 Å². The standard InChI is InChI=1S/C16H13FN2O2/c1-10-12-9-11(16(20)21-2)7-8-14(12)19(18-10)15-6-4-3-5-13(15)17/h3-9H,1-2H3. The van der Waals surface area contributed by atoms with Crippen LogP contribution in [0, 0.1) is 12.7 Å². The molecule has 0 spiro atoms. The Hall–Kier alpha value is -2.69. The van der Waals surface area contributed by atoms with Gasteiger partial charge in [0.2, 0.25) is 0 Å². The molecule has 0 radical (unpaired) electrons. The zero-order chi connectivity index (χ0) is 15.0. The summed E-state index contributed by atoms with van der Waals surface area (Å²) in [5.74, 6) is -0.756. The van der Waals surface area contributed by atoms with E-state index in [1.807, 2.05) is 6.92 Å². The van der Waals surface area contributed by atoms with Gasteiger partial charge in [0.1, 0.15) is 11.5 Å². The molecule has 0 aliphatic heterocycles. The van der Waals surface area contributed by atoms with Gasteiger partial charge in [-0.05, 0) is 37.3 Å². The first kappa shape index (κ1) is 13.3. The minimum atomic E-state index is -0.407. The first-order valence-corrected chi connectivity index (χ1v) is 6.44. The number of halogens is 1. The van der Waals surface area contributed by atoms with E-state index >= 15 is 0 Å². The molecule has 0 aliphatic rings. The Kier molecular flexibility index (Phi) is 3.17. The second-order valence-corrected chi connectivity index (χ2v) is 4.67. The van der Waals surface area contributed by atoms with E-state index in [0.717, 1.165) is 16.6 Å². The first-order valence-electron chi connectivity index (χ1n) is 6.44. The van der Waals surface area contributed by atoms with Gasteiger partial charge in [0.25, 0.3) is 0 Å². The fraction of sp³-hybridized carbons (Fsp3) is 0.125. The monoisotopic (exact) mass is 284 g/mol. The summed E-state index contributed by atoms with van der Waals surface area (Å²) in [6.45, 7) is 1.82. The number of hydrogen-bond acceptors (Lipinski definition) is 3. The quantitative estimate of drug-likeness (QED) is 0.678. The maximum Gasteiger partial charge on any atom is 0.337 e. The zero-order valence-corrected chi connectivity index (χ0v) is 11.6. The summed E-state index contributed by atoms with van der Waals surface area (Å²) in [5.41, 5.74) is 2.28. The molecule has 1 aromatic heterocycles. The van der Waals surface area contributed by atoms with E-state index in [1.165, 1.54) is 13.2 Å². The molecular weight excluding hydrogens is 271 g/mol. The lowest BCUT2D eigenvalue weighted by Gasteiger charge is -2.05. The number of nitrogens with zero attached hydrogens (tertiary/aromatic N) is 2. The van der Waals surface area contributed by atoms with E-state index in [9.17, 15) is 9.18 Å². The Labute approximate surface area is 120 Å². The number of para-hydroxylation sites is 1. The highest BCUT2D eigenvalue weighted by Crippen LogP contribution is 2.24. The molecule has 3 aromatic rings. The van der Waals surface area contributed by atoms with Crippen molar-refractivity contribution in [3.05, 3.63) is 59.5 Å². The summed E-state index contributed by atoms with van der Waals surface area (Å²) in [6, 6.07) is 11.5. The number of aromatic nitrogens is 2. The largest absolute Gasteiger partial charge is 0.465 e. The molecule has 0 fully saturated rings. The first-order chi connectivity index (χ1) is 10.1. The molecule has 3 rings (SSSR count). The van der Waals surface area contributed by atoms with Gasteiger partial charge in [-0.3, -0.25) is 0 Å². The number of fused-ring (bicyclic) bond motifs is 1. The van der Waals surface area contributed by atoms with E-state index in [2.05, 4.69) is 5.10 Å². The molecule has 0 saturated carbocycles. The van der Waals surface area contributed by atoms with Gasteiger partial charge in [-0.2, -0.15) is 5.10 Å². The highest BCUT2D eigenvalue weighted by Gasteiger charge is 2.14. The van der Waals surface area contributed by atoms with Gasteiger partial charge >= 0.3 is 5.97 Å². The van der Waals surface area contributed by atoms with Crippen LogP contribution >= 0.6 is 0 Å². The molecule has 0 amide bonds. The zero-order valence-electron chi connectivity index (χ0n) is 11.6. The Balaban J connectivity index is 2.23. The average Bonchev–Trinajstić information content (AvgIpc) is 2.83. The Morgan fingerprint density at radius 3 is 2.71 bits per heavy atom. The van der Waals surface area contributed by atoms with E-state index in [4.69, 9.17) is 4.74 Å².